The summed E-state index contributed by atoms with van der Waals surface area (Å²) < 4.78 is 1.39. The predicted octanol–water partition coefficient (Wildman–Crippen LogP) is 0.325. The molecule has 0 spiro atoms. The number of nitrogens with zero attached hydrogens (tertiary/aromatic N) is 3. The third kappa shape index (κ3) is 2.19. The summed E-state index contributed by atoms with van der Waals surface area (Å²) in [6.07, 6.45) is 4.27. The summed E-state index contributed by atoms with van der Waals surface area (Å²) >= 11 is 0. The van der Waals surface area contributed by atoms with Crippen molar-refractivity contribution in [3.8, 4) is 5.69 Å². The number of hydrogen-bond acceptors (Lipinski definition) is 4. The molecule has 7 nitrogen and oxygen atoms in total. The molecule has 2 aromatic rings. The van der Waals surface area contributed by atoms with Crippen molar-refractivity contribution in [1.29, 1.82) is 0 Å². The molecule has 0 aliphatic carbocycles. The molecule has 2 aromatic heterocycles. The Morgan fingerprint density at radius 2 is 2.17 bits per heavy atom. The monoisotopic (exact) mass is 246 g/mol. The fraction of sp³-hybridized carbons (Fsp3) is 0.0909. The van der Waals surface area contributed by atoms with Crippen molar-refractivity contribution in [1.82, 2.24) is 20.1 Å². The molecule has 2 heterocycles. The van der Waals surface area contributed by atoms with Crippen molar-refractivity contribution < 1.29 is 14.7 Å². The number of nitrogens with one attached hydrogen (secondary N) is 1. The molecule has 0 atom stereocenters. The molecule has 0 unspecified atom stereocenters. The Morgan fingerprint density at radius 1 is 1.39 bits per heavy atom. The lowest BCUT2D eigenvalue weighted by atomic mass is 10.3. The third-order valence-electron chi connectivity index (χ3n) is 2.28. The van der Waals surface area contributed by atoms with Gasteiger partial charge in [-0.2, -0.15) is 5.10 Å². The molecule has 0 fully saturated rings. The average molecular weight is 246 g/mol. The smallest absolute Gasteiger partial charge is 0.337 e. The van der Waals surface area contributed by atoms with Crippen molar-refractivity contribution >= 4 is 11.9 Å². The van der Waals surface area contributed by atoms with Crippen molar-refractivity contribution in [3.05, 3.63) is 42.0 Å². The Hall–Kier alpha value is -2.70. The molecule has 7 heteroatoms. The van der Waals surface area contributed by atoms with E-state index in [0.717, 1.165) is 0 Å². The van der Waals surface area contributed by atoms with Crippen LogP contribution < -0.4 is 5.32 Å². The van der Waals surface area contributed by atoms with Crippen molar-refractivity contribution in [2.24, 2.45) is 0 Å². The van der Waals surface area contributed by atoms with Gasteiger partial charge in [-0.05, 0) is 12.1 Å². The van der Waals surface area contributed by atoms with Gasteiger partial charge >= 0.3 is 5.97 Å². The SMILES string of the molecule is CNC(=O)c1ccn(-c2cncc(C(=O)O)c2)n1. The zero-order chi connectivity index (χ0) is 13.1. The van der Waals surface area contributed by atoms with Crippen LogP contribution in [0, 0.1) is 0 Å². The second-order valence-electron chi connectivity index (χ2n) is 3.46. The van der Waals surface area contributed by atoms with E-state index in [0.29, 0.717) is 5.69 Å². The van der Waals surface area contributed by atoms with Crippen molar-refractivity contribution in [3.63, 3.8) is 0 Å². The Labute approximate surface area is 102 Å². The zero-order valence-corrected chi connectivity index (χ0v) is 9.49. The summed E-state index contributed by atoms with van der Waals surface area (Å²) in [4.78, 5) is 26.0. The lowest BCUT2D eigenvalue weighted by Gasteiger charge is -2.01. The summed E-state index contributed by atoms with van der Waals surface area (Å²) in [7, 11) is 1.51. The Morgan fingerprint density at radius 3 is 2.83 bits per heavy atom. The molecule has 0 saturated heterocycles. The maximum Gasteiger partial charge on any atom is 0.337 e. The van der Waals surface area contributed by atoms with Crippen LogP contribution in [-0.2, 0) is 0 Å². The molecular weight excluding hydrogens is 236 g/mol. The number of aromatic carboxylic acids is 1. The highest BCUT2D eigenvalue weighted by Crippen LogP contribution is 2.09. The molecule has 0 bridgehead atoms. The van der Waals surface area contributed by atoms with Gasteiger partial charge < -0.3 is 10.4 Å². The number of carbonyl (C=O) groups is 2. The van der Waals surface area contributed by atoms with Crippen molar-refractivity contribution in [2.75, 3.05) is 7.05 Å². The van der Waals surface area contributed by atoms with E-state index in [4.69, 9.17) is 5.11 Å². The van der Waals surface area contributed by atoms with Gasteiger partial charge in [-0.25, -0.2) is 9.48 Å². The van der Waals surface area contributed by atoms with Gasteiger partial charge in [-0.1, -0.05) is 0 Å². The molecule has 92 valence electrons. The van der Waals surface area contributed by atoms with E-state index in [1.54, 1.807) is 6.20 Å². The summed E-state index contributed by atoms with van der Waals surface area (Å²) in [6.45, 7) is 0. The molecule has 0 aromatic carbocycles. The zero-order valence-electron chi connectivity index (χ0n) is 9.49. The summed E-state index contributed by atoms with van der Waals surface area (Å²) in [5.74, 6) is -1.38. The van der Waals surface area contributed by atoms with Crippen LogP contribution in [0.2, 0.25) is 0 Å². The number of carboxylic acid groups (broad SMARTS) is 1. The maximum atomic E-state index is 11.3. The van der Waals surface area contributed by atoms with Gasteiger partial charge in [0, 0.05) is 19.4 Å². The first-order valence-corrected chi connectivity index (χ1v) is 5.08. The van der Waals surface area contributed by atoms with Gasteiger partial charge in [0.15, 0.2) is 5.69 Å². The molecule has 0 aliphatic rings. The standard InChI is InChI=1S/C11H10N4O3/c1-12-10(16)9-2-3-15(14-9)8-4-7(11(17)18)5-13-6-8/h2-6H,1H3,(H,12,16)(H,17,18). The van der Waals surface area contributed by atoms with Gasteiger partial charge in [0.05, 0.1) is 17.4 Å². The normalized spacial score (nSPS) is 10.1. The molecule has 2 rings (SSSR count). The number of rotatable bonds is 3. The Kier molecular flexibility index (Phi) is 3.05. The first kappa shape index (κ1) is 11.8. The van der Waals surface area contributed by atoms with Gasteiger partial charge in [0.2, 0.25) is 0 Å². The van der Waals surface area contributed by atoms with E-state index in [9.17, 15) is 9.59 Å². The van der Waals surface area contributed by atoms with Crippen LogP contribution in [0.4, 0.5) is 0 Å². The average Bonchev–Trinajstić information content (AvgIpc) is 2.87. The van der Waals surface area contributed by atoms with Gasteiger partial charge in [0.1, 0.15) is 0 Å². The molecule has 0 radical (unpaired) electrons. The van der Waals surface area contributed by atoms with E-state index in [2.05, 4.69) is 15.4 Å². The van der Waals surface area contributed by atoms with Crippen LogP contribution in [0.25, 0.3) is 5.69 Å². The van der Waals surface area contributed by atoms with Gasteiger partial charge in [-0.15, -0.1) is 0 Å². The minimum absolute atomic E-state index is 0.0597. The molecule has 2 N–H and O–H groups in total. The maximum absolute atomic E-state index is 11.3. The highest BCUT2D eigenvalue weighted by atomic mass is 16.4. The van der Waals surface area contributed by atoms with Crippen LogP contribution >= 0.6 is 0 Å². The van der Waals surface area contributed by atoms with Crippen molar-refractivity contribution in [2.45, 2.75) is 0 Å². The third-order valence-corrected chi connectivity index (χ3v) is 2.28. The van der Waals surface area contributed by atoms with E-state index in [1.165, 1.54) is 36.3 Å². The quantitative estimate of drug-likeness (QED) is 0.813. The molecule has 1 amide bonds. The van der Waals surface area contributed by atoms with Gasteiger partial charge in [0.25, 0.3) is 5.91 Å². The number of carbonyl (C=O) groups excluding carboxylic acids is 1. The van der Waals surface area contributed by atoms with Crippen LogP contribution in [0.3, 0.4) is 0 Å². The molecular formula is C11H10N4O3. The number of aromatic nitrogens is 3. The minimum atomic E-state index is -1.07. The van der Waals surface area contributed by atoms with E-state index < -0.39 is 5.97 Å². The number of amides is 1. The van der Waals surface area contributed by atoms with E-state index >= 15 is 0 Å². The predicted molar refractivity (Wildman–Crippen MR) is 61.7 cm³/mol. The van der Waals surface area contributed by atoms with E-state index in [-0.39, 0.29) is 17.2 Å². The van der Waals surface area contributed by atoms with E-state index in [1.807, 2.05) is 0 Å². The minimum Gasteiger partial charge on any atom is -0.478 e. The second kappa shape index (κ2) is 4.66. The lowest BCUT2D eigenvalue weighted by Crippen LogP contribution is -2.18. The number of pyridine rings is 1. The summed E-state index contributed by atoms with van der Waals surface area (Å²) in [5, 5.41) is 15.3. The Bertz CT molecular complexity index is 606. The molecule has 0 aliphatic heterocycles. The fourth-order valence-electron chi connectivity index (χ4n) is 1.39. The number of carboxylic acids is 1. The summed E-state index contributed by atoms with van der Waals surface area (Å²) in [6, 6.07) is 2.96. The first-order valence-electron chi connectivity index (χ1n) is 5.08. The molecule has 18 heavy (non-hydrogen) atoms. The van der Waals surface area contributed by atoms with Crippen LogP contribution in [-0.4, -0.2) is 38.8 Å². The van der Waals surface area contributed by atoms with Crippen LogP contribution in [0.5, 0.6) is 0 Å². The summed E-state index contributed by atoms with van der Waals surface area (Å²) in [5.41, 5.74) is 0.785. The highest BCUT2D eigenvalue weighted by Gasteiger charge is 2.10. The number of hydrogen-bond donors (Lipinski definition) is 2. The fourth-order valence-corrected chi connectivity index (χ4v) is 1.39. The first-order chi connectivity index (χ1) is 8.61. The lowest BCUT2D eigenvalue weighted by molar-refractivity contribution is 0.0696. The second-order valence-corrected chi connectivity index (χ2v) is 3.46. The van der Waals surface area contributed by atoms with Crippen LogP contribution in [0.1, 0.15) is 20.8 Å². The topological polar surface area (TPSA) is 97.1 Å². The van der Waals surface area contributed by atoms with Crippen LogP contribution in [0.15, 0.2) is 30.7 Å². The molecule has 0 saturated carbocycles. The Balaban J connectivity index is 2.37. The highest BCUT2D eigenvalue weighted by molar-refractivity contribution is 5.92. The largest absolute Gasteiger partial charge is 0.478 e. The van der Waals surface area contributed by atoms with Gasteiger partial charge in [-0.3, -0.25) is 9.78 Å².